The number of ether oxygens (including phenoxy) is 1. The van der Waals surface area contributed by atoms with Gasteiger partial charge in [0.15, 0.2) is 0 Å². The van der Waals surface area contributed by atoms with Crippen LogP contribution in [0.4, 0.5) is 0 Å². The molecule has 1 amide bonds. The van der Waals surface area contributed by atoms with Gasteiger partial charge in [0.2, 0.25) is 0 Å². The van der Waals surface area contributed by atoms with Gasteiger partial charge in [0.1, 0.15) is 11.4 Å². The first-order valence-corrected chi connectivity index (χ1v) is 11.8. The molecule has 168 valence electrons. The van der Waals surface area contributed by atoms with Crippen LogP contribution in [0.25, 0.3) is 11.3 Å². The third kappa shape index (κ3) is 4.43. The number of fused-ring (bicyclic) bond motifs is 1. The molecule has 32 heavy (non-hydrogen) atoms. The molecule has 1 aliphatic heterocycles. The summed E-state index contributed by atoms with van der Waals surface area (Å²) in [7, 11) is 0. The van der Waals surface area contributed by atoms with Crippen molar-refractivity contribution in [2.75, 3.05) is 13.2 Å². The van der Waals surface area contributed by atoms with E-state index < -0.39 is 0 Å². The van der Waals surface area contributed by atoms with Gasteiger partial charge in [0.25, 0.3) is 5.91 Å². The number of hydrogen-bond acceptors (Lipinski definition) is 3. The number of nitrogens with zero attached hydrogens (tertiary/aromatic N) is 2. The Morgan fingerprint density at radius 1 is 1.03 bits per heavy atom. The molecule has 1 atom stereocenters. The van der Waals surface area contributed by atoms with Crippen molar-refractivity contribution in [1.29, 1.82) is 0 Å². The minimum Gasteiger partial charge on any atom is -0.494 e. The highest BCUT2D eigenvalue weighted by Gasteiger charge is 2.41. The molecule has 2 heterocycles. The van der Waals surface area contributed by atoms with Crippen molar-refractivity contribution in [3.63, 3.8) is 0 Å². The van der Waals surface area contributed by atoms with Crippen LogP contribution in [0.3, 0.4) is 0 Å². The molecule has 1 unspecified atom stereocenters. The molecule has 5 heteroatoms. The number of rotatable bonds is 10. The zero-order valence-corrected chi connectivity index (χ0v) is 19.4. The SMILES string of the molecule is CCCCCN1C(=O)c2[nH]nc(-c3ccc(C)cc3)c2C1c1cccc(OCCCC)c1. The standard InChI is InChI=1S/C27H33N3O2/c1-4-6-8-16-30-26(21-10-9-11-22(18-21)32-17-7-5-2)23-24(28-29-25(23)27(30)31)20-14-12-19(3)13-15-20/h9-15,18,26H,4-8,16-17H2,1-3H3,(H,28,29). The predicted molar refractivity (Wildman–Crippen MR) is 128 cm³/mol. The lowest BCUT2D eigenvalue weighted by molar-refractivity contribution is 0.0740. The Morgan fingerprint density at radius 3 is 2.56 bits per heavy atom. The van der Waals surface area contributed by atoms with Crippen LogP contribution < -0.4 is 4.74 Å². The molecule has 1 aromatic heterocycles. The fourth-order valence-corrected chi connectivity index (χ4v) is 4.35. The molecule has 0 saturated carbocycles. The average Bonchev–Trinajstić information content (AvgIpc) is 3.34. The fourth-order valence-electron chi connectivity index (χ4n) is 4.35. The maximum Gasteiger partial charge on any atom is 0.273 e. The molecule has 2 aromatic carbocycles. The number of amides is 1. The fraction of sp³-hybridized carbons (Fsp3) is 0.407. The van der Waals surface area contributed by atoms with E-state index >= 15 is 0 Å². The number of H-pyrrole nitrogens is 1. The van der Waals surface area contributed by atoms with E-state index in [4.69, 9.17) is 4.74 Å². The monoisotopic (exact) mass is 431 g/mol. The normalized spacial score (nSPS) is 15.3. The second-order valence-electron chi connectivity index (χ2n) is 8.61. The molecular formula is C27H33N3O2. The molecule has 0 radical (unpaired) electrons. The lowest BCUT2D eigenvalue weighted by atomic mass is 9.95. The van der Waals surface area contributed by atoms with Crippen molar-refractivity contribution in [3.05, 3.63) is 70.9 Å². The quantitative estimate of drug-likeness (QED) is 0.383. The van der Waals surface area contributed by atoms with Gasteiger partial charge in [-0.2, -0.15) is 5.10 Å². The van der Waals surface area contributed by atoms with Crippen LogP contribution in [0, 0.1) is 6.92 Å². The highest BCUT2D eigenvalue weighted by molar-refractivity contribution is 6.00. The highest BCUT2D eigenvalue weighted by atomic mass is 16.5. The van der Waals surface area contributed by atoms with E-state index in [9.17, 15) is 4.79 Å². The molecule has 1 aliphatic rings. The molecule has 0 saturated heterocycles. The number of nitrogens with one attached hydrogen (secondary N) is 1. The summed E-state index contributed by atoms with van der Waals surface area (Å²) >= 11 is 0. The molecule has 0 bridgehead atoms. The van der Waals surface area contributed by atoms with Crippen LogP contribution >= 0.6 is 0 Å². The number of aromatic nitrogens is 2. The maximum absolute atomic E-state index is 13.4. The lowest BCUT2D eigenvalue weighted by Gasteiger charge is -2.26. The Balaban J connectivity index is 1.74. The zero-order valence-electron chi connectivity index (χ0n) is 19.4. The Kier molecular flexibility index (Phi) is 6.93. The van der Waals surface area contributed by atoms with Crippen LogP contribution in [-0.4, -0.2) is 34.2 Å². The number of hydrogen-bond donors (Lipinski definition) is 1. The van der Waals surface area contributed by atoms with Gasteiger partial charge in [-0.25, -0.2) is 0 Å². The number of benzene rings is 2. The summed E-state index contributed by atoms with van der Waals surface area (Å²) in [5.41, 5.74) is 5.73. The molecular weight excluding hydrogens is 398 g/mol. The summed E-state index contributed by atoms with van der Waals surface area (Å²) in [6, 6.07) is 16.4. The summed E-state index contributed by atoms with van der Waals surface area (Å²) in [6.45, 7) is 7.85. The first kappa shape index (κ1) is 22.1. The van der Waals surface area contributed by atoms with Gasteiger partial charge < -0.3 is 9.64 Å². The van der Waals surface area contributed by atoms with E-state index in [-0.39, 0.29) is 11.9 Å². The van der Waals surface area contributed by atoms with Crippen LogP contribution in [0.15, 0.2) is 48.5 Å². The van der Waals surface area contributed by atoms with Crippen molar-refractivity contribution >= 4 is 5.91 Å². The molecule has 0 fully saturated rings. The van der Waals surface area contributed by atoms with E-state index in [1.807, 2.05) is 17.0 Å². The van der Waals surface area contributed by atoms with Crippen molar-refractivity contribution in [2.24, 2.45) is 0 Å². The van der Waals surface area contributed by atoms with Gasteiger partial charge in [0.05, 0.1) is 18.3 Å². The van der Waals surface area contributed by atoms with E-state index in [1.54, 1.807) is 0 Å². The van der Waals surface area contributed by atoms with Gasteiger partial charge in [-0.15, -0.1) is 0 Å². The Labute approximate surface area is 190 Å². The summed E-state index contributed by atoms with van der Waals surface area (Å²) in [4.78, 5) is 15.4. The van der Waals surface area contributed by atoms with Gasteiger partial charge in [-0.1, -0.05) is 75.1 Å². The van der Waals surface area contributed by atoms with Crippen molar-refractivity contribution in [1.82, 2.24) is 15.1 Å². The number of carbonyl (C=O) groups excluding carboxylic acids is 1. The van der Waals surface area contributed by atoms with E-state index in [0.717, 1.165) is 66.8 Å². The van der Waals surface area contributed by atoms with Crippen LogP contribution in [0.5, 0.6) is 5.75 Å². The second-order valence-corrected chi connectivity index (χ2v) is 8.61. The second kappa shape index (κ2) is 10.0. The third-order valence-corrected chi connectivity index (χ3v) is 6.13. The predicted octanol–water partition coefficient (Wildman–Crippen LogP) is 6.30. The van der Waals surface area contributed by atoms with E-state index in [0.29, 0.717) is 12.3 Å². The topological polar surface area (TPSA) is 58.2 Å². The van der Waals surface area contributed by atoms with E-state index in [2.05, 4.69) is 67.4 Å². The van der Waals surface area contributed by atoms with Gasteiger partial charge in [-0.3, -0.25) is 9.89 Å². The highest BCUT2D eigenvalue weighted by Crippen LogP contribution is 2.43. The molecule has 4 rings (SSSR count). The molecule has 1 N–H and O–H groups in total. The summed E-state index contributed by atoms with van der Waals surface area (Å²) in [6.07, 6.45) is 5.34. The third-order valence-electron chi connectivity index (χ3n) is 6.13. The zero-order chi connectivity index (χ0) is 22.5. The first-order chi connectivity index (χ1) is 15.6. The molecule has 3 aromatic rings. The summed E-state index contributed by atoms with van der Waals surface area (Å²) < 4.78 is 5.98. The lowest BCUT2D eigenvalue weighted by Crippen LogP contribution is -2.30. The van der Waals surface area contributed by atoms with Crippen molar-refractivity contribution < 1.29 is 9.53 Å². The van der Waals surface area contributed by atoms with Gasteiger partial charge >= 0.3 is 0 Å². The first-order valence-electron chi connectivity index (χ1n) is 11.8. The minimum atomic E-state index is -0.167. The Morgan fingerprint density at radius 2 is 1.81 bits per heavy atom. The Hall–Kier alpha value is -3.08. The van der Waals surface area contributed by atoms with Crippen LogP contribution in [-0.2, 0) is 0 Å². The summed E-state index contributed by atoms with van der Waals surface area (Å²) in [5.74, 6) is 0.884. The van der Waals surface area contributed by atoms with Crippen molar-refractivity contribution in [2.45, 2.75) is 58.9 Å². The number of carbonyl (C=O) groups is 1. The smallest absolute Gasteiger partial charge is 0.273 e. The van der Waals surface area contributed by atoms with Gasteiger partial charge in [0, 0.05) is 17.7 Å². The number of aromatic amines is 1. The summed E-state index contributed by atoms with van der Waals surface area (Å²) in [5, 5.41) is 7.63. The average molecular weight is 432 g/mol. The van der Waals surface area contributed by atoms with Crippen LogP contribution in [0.2, 0.25) is 0 Å². The van der Waals surface area contributed by atoms with E-state index in [1.165, 1.54) is 5.56 Å². The molecule has 5 nitrogen and oxygen atoms in total. The minimum absolute atomic E-state index is 0.0317. The molecule has 0 aliphatic carbocycles. The number of aryl methyl sites for hydroxylation is 1. The molecule has 0 spiro atoms. The van der Waals surface area contributed by atoms with Crippen LogP contribution in [0.1, 0.15) is 79.2 Å². The van der Waals surface area contributed by atoms with Crippen molar-refractivity contribution in [3.8, 4) is 17.0 Å². The largest absolute Gasteiger partial charge is 0.494 e. The Bertz CT molecular complexity index is 1060. The van der Waals surface area contributed by atoms with Gasteiger partial charge in [-0.05, 0) is 37.5 Å². The number of unbranched alkanes of at least 4 members (excludes halogenated alkanes) is 3. The maximum atomic E-state index is 13.4.